The first-order chi connectivity index (χ1) is 10.9. The minimum absolute atomic E-state index is 0.490. The van der Waals surface area contributed by atoms with Gasteiger partial charge in [-0.2, -0.15) is 0 Å². The van der Waals surface area contributed by atoms with Crippen LogP contribution >= 0.6 is 34.8 Å². The summed E-state index contributed by atoms with van der Waals surface area (Å²) in [6.07, 6.45) is 0. The van der Waals surface area contributed by atoms with Crippen molar-refractivity contribution in [2.45, 2.75) is 13.0 Å². The Hall–Kier alpha value is -1.39. The maximum absolute atomic E-state index is 6.34. The second-order valence-electron chi connectivity index (χ2n) is 5.23. The predicted octanol–water partition coefficient (Wildman–Crippen LogP) is 5.76. The van der Waals surface area contributed by atoms with Crippen LogP contribution in [0.1, 0.15) is 22.9 Å². The SMILES string of the molecule is COc1ccc(Cl)cc1C(N)c1cc2cc(Cl)c(C)c(Cl)c2o1. The highest BCUT2D eigenvalue weighted by Gasteiger charge is 2.20. The van der Waals surface area contributed by atoms with Crippen LogP contribution in [0.5, 0.6) is 5.75 Å². The van der Waals surface area contributed by atoms with Crippen molar-refractivity contribution in [2.75, 3.05) is 7.11 Å². The average molecular weight is 371 g/mol. The highest BCUT2D eigenvalue weighted by Crippen LogP contribution is 2.38. The van der Waals surface area contributed by atoms with Crippen LogP contribution < -0.4 is 10.5 Å². The van der Waals surface area contributed by atoms with Gasteiger partial charge in [-0.15, -0.1) is 0 Å². The van der Waals surface area contributed by atoms with E-state index < -0.39 is 6.04 Å². The molecule has 0 amide bonds. The summed E-state index contributed by atoms with van der Waals surface area (Å²) in [5, 5.41) is 2.45. The van der Waals surface area contributed by atoms with Crippen molar-refractivity contribution in [1.82, 2.24) is 0 Å². The van der Waals surface area contributed by atoms with E-state index in [4.69, 9.17) is 49.7 Å². The second kappa shape index (κ2) is 6.25. The fourth-order valence-electron chi connectivity index (χ4n) is 2.48. The monoisotopic (exact) mass is 369 g/mol. The van der Waals surface area contributed by atoms with Crippen molar-refractivity contribution < 1.29 is 9.15 Å². The lowest BCUT2D eigenvalue weighted by Gasteiger charge is -2.14. The molecule has 2 aromatic carbocycles. The molecular formula is C17H14Cl3NO2. The molecule has 0 aliphatic heterocycles. The van der Waals surface area contributed by atoms with Gasteiger partial charge in [-0.3, -0.25) is 0 Å². The van der Waals surface area contributed by atoms with Gasteiger partial charge >= 0.3 is 0 Å². The molecule has 0 bridgehead atoms. The molecule has 0 saturated heterocycles. The van der Waals surface area contributed by atoms with Gasteiger partial charge < -0.3 is 14.9 Å². The van der Waals surface area contributed by atoms with Gasteiger partial charge in [0, 0.05) is 21.0 Å². The average Bonchev–Trinajstić information content (AvgIpc) is 2.96. The van der Waals surface area contributed by atoms with E-state index in [1.807, 2.05) is 19.1 Å². The molecule has 0 saturated carbocycles. The van der Waals surface area contributed by atoms with Crippen molar-refractivity contribution in [3.8, 4) is 5.75 Å². The third kappa shape index (κ3) is 2.90. The highest BCUT2D eigenvalue weighted by atomic mass is 35.5. The van der Waals surface area contributed by atoms with E-state index in [9.17, 15) is 0 Å². The minimum Gasteiger partial charge on any atom is -0.496 e. The Labute approximate surface area is 148 Å². The number of furan rings is 1. The molecule has 1 aromatic heterocycles. The van der Waals surface area contributed by atoms with Gasteiger partial charge in [-0.05, 0) is 42.8 Å². The zero-order valence-corrected chi connectivity index (χ0v) is 14.8. The van der Waals surface area contributed by atoms with E-state index in [0.717, 1.165) is 16.5 Å². The summed E-state index contributed by atoms with van der Waals surface area (Å²) in [7, 11) is 1.58. The highest BCUT2D eigenvalue weighted by molar-refractivity contribution is 6.39. The third-order valence-corrected chi connectivity index (χ3v) is 4.87. The molecule has 1 unspecified atom stereocenters. The molecule has 0 aliphatic rings. The summed E-state index contributed by atoms with van der Waals surface area (Å²) < 4.78 is 11.2. The first-order valence-corrected chi connectivity index (χ1v) is 8.02. The second-order valence-corrected chi connectivity index (χ2v) is 6.45. The first-order valence-electron chi connectivity index (χ1n) is 6.89. The third-order valence-electron chi connectivity index (χ3n) is 3.78. The number of methoxy groups -OCH3 is 1. The molecule has 0 fully saturated rings. The summed E-state index contributed by atoms with van der Waals surface area (Å²) in [4.78, 5) is 0. The smallest absolute Gasteiger partial charge is 0.153 e. The van der Waals surface area contributed by atoms with Crippen LogP contribution in [0.3, 0.4) is 0 Å². The van der Waals surface area contributed by atoms with Gasteiger partial charge in [0.25, 0.3) is 0 Å². The fraction of sp³-hybridized carbons (Fsp3) is 0.176. The van der Waals surface area contributed by atoms with Crippen molar-refractivity contribution in [2.24, 2.45) is 5.73 Å². The lowest BCUT2D eigenvalue weighted by Crippen LogP contribution is -2.12. The number of hydrogen-bond donors (Lipinski definition) is 1. The number of hydrogen-bond acceptors (Lipinski definition) is 3. The van der Waals surface area contributed by atoms with Crippen molar-refractivity contribution in [3.05, 3.63) is 62.3 Å². The van der Waals surface area contributed by atoms with Crippen LogP contribution in [0.15, 0.2) is 34.7 Å². The molecule has 0 radical (unpaired) electrons. The standard InChI is InChI=1S/C17H14Cl3NO2/c1-8-12(19)5-9-6-14(23-17(9)15(8)20)16(21)11-7-10(18)3-4-13(11)22-2/h3-7,16H,21H2,1-2H3. The lowest BCUT2D eigenvalue weighted by atomic mass is 10.0. The molecule has 23 heavy (non-hydrogen) atoms. The number of rotatable bonds is 3. The largest absolute Gasteiger partial charge is 0.496 e. The summed E-state index contributed by atoms with van der Waals surface area (Å²) in [5.41, 5.74) is 8.42. The Kier molecular flexibility index (Phi) is 4.47. The van der Waals surface area contributed by atoms with Crippen molar-refractivity contribution in [1.29, 1.82) is 0 Å². The van der Waals surface area contributed by atoms with Crippen LogP contribution in [0, 0.1) is 6.92 Å². The molecule has 1 atom stereocenters. The molecule has 3 nitrogen and oxygen atoms in total. The maximum atomic E-state index is 6.34. The van der Waals surface area contributed by atoms with Gasteiger partial charge in [0.05, 0.1) is 18.2 Å². The normalized spacial score (nSPS) is 12.6. The quantitative estimate of drug-likeness (QED) is 0.638. The summed E-state index contributed by atoms with van der Waals surface area (Å²) in [5.74, 6) is 1.20. The number of ether oxygens (including phenoxy) is 1. The van der Waals surface area contributed by atoms with Crippen LogP contribution in [-0.4, -0.2) is 7.11 Å². The van der Waals surface area contributed by atoms with E-state index in [1.165, 1.54) is 0 Å². The molecule has 0 spiro atoms. The van der Waals surface area contributed by atoms with Gasteiger partial charge in [-0.1, -0.05) is 34.8 Å². The molecule has 120 valence electrons. The Morgan fingerprint density at radius 3 is 2.57 bits per heavy atom. The molecule has 6 heteroatoms. The topological polar surface area (TPSA) is 48.4 Å². The molecule has 3 aromatic rings. The van der Waals surface area contributed by atoms with Crippen molar-refractivity contribution >= 4 is 45.8 Å². The Morgan fingerprint density at radius 2 is 1.87 bits per heavy atom. The van der Waals surface area contributed by atoms with Crippen LogP contribution in [-0.2, 0) is 0 Å². The van der Waals surface area contributed by atoms with E-state index in [-0.39, 0.29) is 0 Å². The van der Waals surface area contributed by atoms with Crippen LogP contribution in [0.2, 0.25) is 15.1 Å². The molecular weight excluding hydrogens is 357 g/mol. The van der Waals surface area contributed by atoms with Crippen molar-refractivity contribution in [3.63, 3.8) is 0 Å². The zero-order valence-electron chi connectivity index (χ0n) is 12.5. The van der Waals surface area contributed by atoms with Gasteiger partial charge in [0.1, 0.15) is 11.5 Å². The fourth-order valence-corrected chi connectivity index (χ4v) is 3.17. The Balaban J connectivity index is 2.13. The van der Waals surface area contributed by atoms with Crippen LogP contribution in [0.4, 0.5) is 0 Å². The maximum Gasteiger partial charge on any atom is 0.153 e. The van der Waals surface area contributed by atoms with Gasteiger partial charge in [0.2, 0.25) is 0 Å². The van der Waals surface area contributed by atoms with E-state index in [1.54, 1.807) is 25.3 Å². The Morgan fingerprint density at radius 1 is 1.13 bits per heavy atom. The van der Waals surface area contributed by atoms with Gasteiger partial charge in [-0.25, -0.2) is 0 Å². The molecule has 1 heterocycles. The van der Waals surface area contributed by atoms with E-state index in [2.05, 4.69) is 0 Å². The Bertz CT molecular complexity index is 889. The molecule has 0 aliphatic carbocycles. The van der Waals surface area contributed by atoms with E-state index in [0.29, 0.717) is 32.2 Å². The summed E-state index contributed by atoms with van der Waals surface area (Å²) >= 11 is 18.6. The number of halogens is 3. The number of benzene rings is 2. The summed E-state index contributed by atoms with van der Waals surface area (Å²) in [6.45, 7) is 1.84. The van der Waals surface area contributed by atoms with Crippen LogP contribution in [0.25, 0.3) is 11.0 Å². The molecule has 3 rings (SSSR count). The number of fused-ring (bicyclic) bond motifs is 1. The lowest BCUT2D eigenvalue weighted by molar-refractivity contribution is 0.404. The number of nitrogens with two attached hydrogens (primary N) is 1. The van der Waals surface area contributed by atoms with Gasteiger partial charge in [0.15, 0.2) is 5.58 Å². The zero-order chi connectivity index (χ0) is 16.7. The minimum atomic E-state index is -0.536. The van der Waals surface area contributed by atoms with E-state index >= 15 is 0 Å². The summed E-state index contributed by atoms with van der Waals surface area (Å²) in [6, 6.07) is 8.39. The molecule has 2 N–H and O–H groups in total. The first kappa shape index (κ1) is 16.5. The predicted molar refractivity (Wildman–Crippen MR) is 95.0 cm³/mol.